The lowest BCUT2D eigenvalue weighted by atomic mass is 9.97. The molecule has 0 unspecified atom stereocenters. The maximum Gasteiger partial charge on any atom is 0.311 e. The minimum absolute atomic E-state index is 0.180. The summed E-state index contributed by atoms with van der Waals surface area (Å²) in [7, 11) is 0. The van der Waals surface area contributed by atoms with Crippen molar-refractivity contribution in [2.24, 2.45) is 11.3 Å². The van der Waals surface area contributed by atoms with E-state index in [-0.39, 0.29) is 18.5 Å². The summed E-state index contributed by atoms with van der Waals surface area (Å²) >= 11 is 0. The molecule has 0 aromatic rings. The molecule has 0 N–H and O–H groups in total. The molecule has 0 bridgehead atoms. The number of rotatable bonds is 3. The first-order valence-electron chi connectivity index (χ1n) is 4.00. The third-order valence-electron chi connectivity index (χ3n) is 1.32. The van der Waals surface area contributed by atoms with E-state index in [1.807, 2.05) is 0 Å². The zero-order valence-electron chi connectivity index (χ0n) is 8.09. The number of esters is 1. The van der Waals surface area contributed by atoms with E-state index >= 15 is 0 Å². The molecule has 0 heterocycles. The lowest BCUT2D eigenvalue weighted by molar-refractivity contribution is -0.154. The van der Waals surface area contributed by atoms with E-state index in [2.05, 4.69) is 0 Å². The Morgan fingerprint density at radius 3 is 2.33 bits per heavy atom. The van der Waals surface area contributed by atoms with Gasteiger partial charge in [-0.1, -0.05) is 6.92 Å². The molecule has 12 heavy (non-hydrogen) atoms. The average Bonchev–Trinajstić information content (AvgIpc) is 1.97. The van der Waals surface area contributed by atoms with Crippen LogP contribution in [0.5, 0.6) is 0 Å². The van der Waals surface area contributed by atoms with Gasteiger partial charge in [0.25, 0.3) is 0 Å². The van der Waals surface area contributed by atoms with E-state index in [0.29, 0.717) is 0 Å². The summed E-state index contributed by atoms with van der Waals surface area (Å²) < 4.78 is 4.89. The Morgan fingerprint density at radius 1 is 1.50 bits per heavy atom. The Labute approximate surface area is 73.1 Å². The number of carbonyl (C=O) groups excluding carboxylic acids is 2. The highest BCUT2D eigenvalue weighted by molar-refractivity contribution is 5.75. The predicted octanol–water partition coefficient (Wildman–Crippen LogP) is 1.41. The van der Waals surface area contributed by atoms with Gasteiger partial charge in [0.15, 0.2) is 0 Å². The lowest BCUT2D eigenvalue weighted by Gasteiger charge is -2.17. The second-order valence-corrected chi connectivity index (χ2v) is 3.96. The maximum absolute atomic E-state index is 11.1. The van der Waals surface area contributed by atoms with Crippen molar-refractivity contribution in [2.75, 3.05) is 6.61 Å². The van der Waals surface area contributed by atoms with E-state index in [0.717, 1.165) is 6.29 Å². The Hall–Kier alpha value is -0.860. The molecule has 0 aromatic carbocycles. The molecule has 0 radical (unpaired) electrons. The minimum Gasteiger partial charge on any atom is -0.465 e. The largest absolute Gasteiger partial charge is 0.465 e. The number of aldehydes is 1. The fraction of sp³-hybridized carbons (Fsp3) is 0.778. The summed E-state index contributed by atoms with van der Waals surface area (Å²) in [6.45, 7) is 7.23. The summed E-state index contributed by atoms with van der Waals surface area (Å²) in [4.78, 5) is 21.3. The van der Waals surface area contributed by atoms with Crippen molar-refractivity contribution in [3.8, 4) is 0 Å². The zero-order valence-corrected chi connectivity index (χ0v) is 8.09. The summed E-state index contributed by atoms with van der Waals surface area (Å²) in [6, 6.07) is 0. The molecule has 0 rings (SSSR count). The van der Waals surface area contributed by atoms with Crippen molar-refractivity contribution in [1.82, 2.24) is 0 Å². The molecule has 0 saturated heterocycles. The van der Waals surface area contributed by atoms with Crippen LogP contribution in [0.4, 0.5) is 0 Å². The molecule has 0 aliphatic carbocycles. The number of carbonyl (C=O) groups is 2. The highest BCUT2D eigenvalue weighted by Gasteiger charge is 2.23. The van der Waals surface area contributed by atoms with E-state index < -0.39 is 5.41 Å². The molecular formula is C9H16O3. The summed E-state index contributed by atoms with van der Waals surface area (Å²) in [5.41, 5.74) is -0.484. The highest BCUT2D eigenvalue weighted by atomic mass is 16.5. The standard InChI is InChI=1S/C9H16O3/c1-7(5-10)6-12-8(11)9(2,3)4/h5,7H,6H2,1-4H3/t7-/m1/s1. The van der Waals surface area contributed by atoms with Crippen LogP contribution >= 0.6 is 0 Å². The second-order valence-electron chi connectivity index (χ2n) is 3.96. The highest BCUT2D eigenvalue weighted by Crippen LogP contribution is 2.15. The number of hydrogen-bond donors (Lipinski definition) is 0. The first-order chi connectivity index (χ1) is 5.38. The van der Waals surface area contributed by atoms with E-state index in [9.17, 15) is 9.59 Å². The molecule has 0 amide bonds. The SMILES string of the molecule is C[C@H](C=O)COC(=O)C(C)(C)C. The van der Waals surface area contributed by atoms with Crippen LogP contribution in [-0.4, -0.2) is 18.9 Å². The van der Waals surface area contributed by atoms with Crippen LogP contribution in [0.2, 0.25) is 0 Å². The Kier molecular flexibility index (Phi) is 3.93. The van der Waals surface area contributed by atoms with Crippen LogP contribution < -0.4 is 0 Å². The van der Waals surface area contributed by atoms with Gasteiger partial charge >= 0.3 is 5.97 Å². The van der Waals surface area contributed by atoms with Gasteiger partial charge in [-0.15, -0.1) is 0 Å². The molecule has 0 saturated carbocycles. The van der Waals surface area contributed by atoms with Gasteiger partial charge in [-0.05, 0) is 20.8 Å². The van der Waals surface area contributed by atoms with Gasteiger partial charge in [-0.2, -0.15) is 0 Å². The zero-order chi connectivity index (χ0) is 9.78. The lowest BCUT2D eigenvalue weighted by Crippen LogP contribution is -2.25. The average molecular weight is 172 g/mol. The third kappa shape index (κ3) is 4.11. The van der Waals surface area contributed by atoms with Crippen LogP contribution in [0, 0.1) is 11.3 Å². The molecule has 3 heteroatoms. The third-order valence-corrected chi connectivity index (χ3v) is 1.32. The van der Waals surface area contributed by atoms with Gasteiger partial charge in [0.1, 0.15) is 12.9 Å². The summed E-state index contributed by atoms with van der Waals surface area (Å²) in [6.07, 6.45) is 0.774. The van der Waals surface area contributed by atoms with Crippen molar-refractivity contribution in [3.05, 3.63) is 0 Å². The van der Waals surface area contributed by atoms with Crippen LogP contribution in [0.3, 0.4) is 0 Å². The van der Waals surface area contributed by atoms with Crippen LogP contribution in [0.25, 0.3) is 0 Å². The fourth-order valence-corrected chi connectivity index (χ4v) is 0.463. The molecule has 0 fully saturated rings. The minimum atomic E-state index is -0.484. The molecule has 0 aliphatic heterocycles. The first kappa shape index (κ1) is 11.1. The molecule has 0 aromatic heterocycles. The Morgan fingerprint density at radius 2 is 2.00 bits per heavy atom. The molecule has 0 spiro atoms. The van der Waals surface area contributed by atoms with Crippen LogP contribution in [0.1, 0.15) is 27.7 Å². The van der Waals surface area contributed by atoms with Crippen molar-refractivity contribution in [1.29, 1.82) is 0 Å². The fourth-order valence-electron chi connectivity index (χ4n) is 0.463. The van der Waals surface area contributed by atoms with Crippen molar-refractivity contribution < 1.29 is 14.3 Å². The van der Waals surface area contributed by atoms with E-state index in [1.54, 1.807) is 27.7 Å². The maximum atomic E-state index is 11.1. The predicted molar refractivity (Wildman–Crippen MR) is 45.6 cm³/mol. The van der Waals surface area contributed by atoms with E-state index in [4.69, 9.17) is 4.74 Å². The normalized spacial score (nSPS) is 13.7. The van der Waals surface area contributed by atoms with Gasteiger partial charge < -0.3 is 9.53 Å². The second kappa shape index (κ2) is 4.24. The van der Waals surface area contributed by atoms with Gasteiger partial charge in [-0.25, -0.2) is 0 Å². The first-order valence-corrected chi connectivity index (χ1v) is 4.00. The van der Waals surface area contributed by atoms with Gasteiger partial charge in [0.05, 0.1) is 5.41 Å². The molecular weight excluding hydrogens is 156 g/mol. The van der Waals surface area contributed by atoms with Crippen LogP contribution in [-0.2, 0) is 14.3 Å². The van der Waals surface area contributed by atoms with Crippen molar-refractivity contribution >= 4 is 12.3 Å². The Balaban J connectivity index is 3.80. The Bertz CT molecular complexity index is 167. The molecule has 3 nitrogen and oxygen atoms in total. The van der Waals surface area contributed by atoms with Crippen LogP contribution in [0.15, 0.2) is 0 Å². The number of ether oxygens (including phenoxy) is 1. The van der Waals surface area contributed by atoms with Crippen molar-refractivity contribution in [3.63, 3.8) is 0 Å². The topological polar surface area (TPSA) is 43.4 Å². The quantitative estimate of drug-likeness (QED) is 0.477. The summed E-state index contributed by atoms with van der Waals surface area (Å²) in [5, 5.41) is 0. The number of hydrogen-bond acceptors (Lipinski definition) is 3. The van der Waals surface area contributed by atoms with Gasteiger partial charge in [0, 0.05) is 5.92 Å². The summed E-state index contributed by atoms with van der Waals surface area (Å²) in [5.74, 6) is -0.479. The van der Waals surface area contributed by atoms with Crippen molar-refractivity contribution in [2.45, 2.75) is 27.7 Å². The molecule has 0 aliphatic rings. The van der Waals surface area contributed by atoms with E-state index in [1.165, 1.54) is 0 Å². The molecule has 70 valence electrons. The monoisotopic (exact) mass is 172 g/mol. The van der Waals surface area contributed by atoms with Gasteiger partial charge in [0.2, 0.25) is 0 Å². The molecule has 1 atom stereocenters. The smallest absolute Gasteiger partial charge is 0.311 e. The van der Waals surface area contributed by atoms with Gasteiger partial charge in [-0.3, -0.25) is 4.79 Å².